The lowest BCUT2D eigenvalue weighted by Crippen LogP contribution is -2.12. The van der Waals surface area contributed by atoms with Gasteiger partial charge in [-0.05, 0) is 24.6 Å². The Bertz CT molecular complexity index is 620. The fraction of sp³-hybridized carbons (Fsp3) is 0.286. The largest absolute Gasteiger partial charge is 0.321 e. The number of anilines is 1. The summed E-state index contributed by atoms with van der Waals surface area (Å²) in [5, 5.41) is 5.62. The summed E-state index contributed by atoms with van der Waals surface area (Å²) in [6.45, 7) is 1.90. The quantitative estimate of drug-likeness (QED) is 0.920. The van der Waals surface area contributed by atoms with Crippen LogP contribution in [0.1, 0.15) is 25.6 Å². The molecule has 2 aromatic rings. The van der Waals surface area contributed by atoms with Crippen LogP contribution in [0.3, 0.4) is 0 Å². The molecule has 0 aliphatic carbocycles. The first-order valence-electron chi connectivity index (χ1n) is 6.29. The van der Waals surface area contributed by atoms with Crippen LogP contribution < -0.4 is 5.32 Å². The standard InChI is InChI=1S/C14H14N2OS3/c1-9-15-12(8-20-9)13(17)16-11-4-2-3-10(7-11)14-18-5-6-19-14/h2-4,7-8,14H,5-6H2,1H3,(H,16,17). The third kappa shape index (κ3) is 3.19. The van der Waals surface area contributed by atoms with Gasteiger partial charge in [0.05, 0.1) is 9.59 Å². The van der Waals surface area contributed by atoms with E-state index in [1.807, 2.05) is 42.6 Å². The van der Waals surface area contributed by atoms with E-state index in [1.54, 1.807) is 5.38 Å². The lowest BCUT2D eigenvalue weighted by Gasteiger charge is -2.10. The van der Waals surface area contributed by atoms with E-state index >= 15 is 0 Å². The number of rotatable bonds is 3. The molecule has 1 aromatic heterocycles. The minimum Gasteiger partial charge on any atom is -0.321 e. The summed E-state index contributed by atoms with van der Waals surface area (Å²) in [6, 6.07) is 8.10. The van der Waals surface area contributed by atoms with Crippen molar-refractivity contribution in [1.29, 1.82) is 0 Å². The Kier molecular flexibility index (Phi) is 4.33. The summed E-state index contributed by atoms with van der Waals surface area (Å²) in [5.41, 5.74) is 2.60. The van der Waals surface area contributed by atoms with Gasteiger partial charge in [0.1, 0.15) is 5.69 Å². The Morgan fingerprint density at radius 2 is 2.15 bits per heavy atom. The van der Waals surface area contributed by atoms with Crippen molar-refractivity contribution in [3.63, 3.8) is 0 Å². The molecule has 20 heavy (non-hydrogen) atoms. The molecule has 0 radical (unpaired) electrons. The zero-order valence-corrected chi connectivity index (χ0v) is 13.4. The number of carbonyl (C=O) groups is 1. The van der Waals surface area contributed by atoms with Crippen molar-refractivity contribution < 1.29 is 4.79 Å². The van der Waals surface area contributed by atoms with Crippen LogP contribution in [-0.4, -0.2) is 22.4 Å². The highest BCUT2D eigenvalue weighted by Crippen LogP contribution is 2.45. The lowest BCUT2D eigenvalue weighted by atomic mass is 10.2. The third-order valence-corrected chi connectivity index (χ3v) is 6.77. The van der Waals surface area contributed by atoms with E-state index in [0.717, 1.165) is 10.7 Å². The molecule has 0 spiro atoms. The summed E-state index contributed by atoms with van der Waals surface area (Å²) >= 11 is 5.41. The Hall–Kier alpha value is -0.980. The number of aryl methyl sites for hydroxylation is 1. The van der Waals surface area contributed by atoms with Crippen LogP contribution >= 0.6 is 34.9 Å². The number of hydrogen-bond acceptors (Lipinski definition) is 5. The van der Waals surface area contributed by atoms with Crippen molar-refractivity contribution >= 4 is 46.5 Å². The number of thiazole rings is 1. The Balaban J connectivity index is 1.74. The van der Waals surface area contributed by atoms with E-state index < -0.39 is 0 Å². The maximum absolute atomic E-state index is 12.1. The fourth-order valence-corrected chi connectivity index (χ4v) is 5.41. The van der Waals surface area contributed by atoms with E-state index in [-0.39, 0.29) is 5.91 Å². The van der Waals surface area contributed by atoms with Crippen molar-refractivity contribution in [2.45, 2.75) is 11.5 Å². The van der Waals surface area contributed by atoms with Crippen LogP contribution in [-0.2, 0) is 0 Å². The second-order valence-corrected chi connectivity index (χ2v) is 8.19. The van der Waals surface area contributed by atoms with Crippen LogP contribution in [0.25, 0.3) is 0 Å². The highest BCUT2D eigenvalue weighted by molar-refractivity contribution is 8.19. The summed E-state index contributed by atoms with van der Waals surface area (Å²) < 4.78 is 0.494. The third-order valence-electron chi connectivity index (χ3n) is 2.89. The summed E-state index contributed by atoms with van der Waals surface area (Å²) in [5.74, 6) is 2.26. The second kappa shape index (κ2) is 6.20. The normalized spacial score (nSPS) is 15.4. The van der Waals surface area contributed by atoms with Crippen molar-refractivity contribution in [2.75, 3.05) is 16.8 Å². The number of nitrogens with one attached hydrogen (secondary N) is 1. The summed E-state index contributed by atoms with van der Waals surface area (Å²) in [6.07, 6.45) is 0. The number of nitrogens with zero attached hydrogens (tertiary/aromatic N) is 1. The van der Waals surface area contributed by atoms with E-state index in [2.05, 4.69) is 22.4 Å². The topological polar surface area (TPSA) is 42.0 Å². The molecular weight excluding hydrogens is 308 g/mol. The number of thioether (sulfide) groups is 2. The smallest absolute Gasteiger partial charge is 0.275 e. The number of carbonyl (C=O) groups excluding carboxylic acids is 1. The molecule has 6 heteroatoms. The van der Waals surface area contributed by atoms with Gasteiger partial charge in [-0.2, -0.15) is 0 Å². The van der Waals surface area contributed by atoms with Gasteiger partial charge in [0.2, 0.25) is 0 Å². The first kappa shape index (κ1) is 14.0. The van der Waals surface area contributed by atoms with Crippen LogP contribution in [0.2, 0.25) is 0 Å². The molecule has 1 aliphatic heterocycles. The van der Waals surface area contributed by atoms with Crippen molar-refractivity contribution in [1.82, 2.24) is 4.98 Å². The number of benzene rings is 1. The van der Waals surface area contributed by atoms with E-state index in [1.165, 1.54) is 28.4 Å². The molecule has 2 heterocycles. The lowest BCUT2D eigenvalue weighted by molar-refractivity contribution is 0.102. The Morgan fingerprint density at radius 1 is 1.35 bits per heavy atom. The van der Waals surface area contributed by atoms with Gasteiger partial charge in [0, 0.05) is 22.6 Å². The molecule has 3 rings (SSSR count). The molecule has 1 aromatic carbocycles. The zero-order valence-electron chi connectivity index (χ0n) is 11.0. The van der Waals surface area contributed by atoms with Gasteiger partial charge in [0.15, 0.2) is 0 Å². The first-order valence-corrected chi connectivity index (χ1v) is 9.27. The molecule has 0 unspecified atom stereocenters. The first-order chi connectivity index (χ1) is 9.72. The fourth-order valence-electron chi connectivity index (χ4n) is 1.98. The molecular formula is C14H14N2OS3. The summed E-state index contributed by atoms with van der Waals surface area (Å²) in [7, 11) is 0. The Labute approximate surface area is 130 Å². The molecule has 1 N–H and O–H groups in total. The molecule has 0 atom stereocenters. The van der Waals surface area contributed by atoms with E-state index in [4.69, 9.17) is 0 Å². The molecule has 1 saturated heterocycles. The molecule has 1 amide bonds. The van der Waals surface area contributed by atoms with Gasteiger partial charge in [-0.1, -0.05) is 12.1 Å². The number of aromatic nitrogens is 1. The van der Waals surface area contributed by atoms with Crippen molar-refractivity contribution in [3.05, 3.63) is 45.9 Å². The minimum absolute atomic E-state index is 0.141. The maximum atomic E-state index is 12.1. The average Bonchev–Trinajstić information content (AvgIpc) is 3.10. The molecule has 0 bridgehead atoms. The highest BCUT2D eigenvalue weighted by atomic mass is 32.2. The predicted octanol–water partition coefficient (Wildman–Crippen LogP) is 4.18. The van der Waals surface area contributed by atoms with E-state index in [0.29, 0.717) is 10.3 Å². The summed E-state index contributed by atoms with van der Waals surface area (Å²) in [4.78, 5) is 16.3. The van der Waals surface area contributed by atoms with Crippen LogP contribution in [0.15, 0.2) is 29.6 Å². The molecule has 3 nitrogen and oxygen atoms in total. The van der Waals surface area contributed by atoms with E-state index in [9.17, 15) is 4.79 Å². The van der Waals surface area contributed by atoms with Crippen LogP contribution in [0, 0.1) is 6.92 Å². The second-order valence-electron chi connectivity index (χ2n) is 4.40. The van der Waals surface area contributed by atoms with Gasteiger partial charge in [-0.25, -0.2) is 4.98 Å². The van der Waals surface area contributed by atoms with Crippen molar-refractivity contribution in [2.24, 2.45) is 0 Å². The minimum atomic E-state index is -0.141. The van der Waals surface area contributed by atoms with Gasteiger partial charge in [-0.3, -0.25) is 4.79 Å². The van der Waals surface area contributed by atoms with Gasteiger partial charge in [-0.15, -0.1) is 34.9 Å². The number of amides is 1. The van der Waals surface area contributed by atoms with Crippen LogP contribution in [0.4, 0.5) is 5.69 Å². The van der Waals surface area contributed by atoms with Crippen LogP contribution in [0.5, 0.6) is 0 Å². The molecule has 104 valence electrons. The Morgan fingerprint density at radius 3 is 2.85 bits per heavy atom. The zero-order chi connectivity index (χ0) is 13.9. The van der Waals surface area contributed by atoms with Gasteiger partial charge < -0.3 is 5.32 Å². The SMILES string of the molecule is Cc1nc(C(=O)Nc2cccc(C3SCCS3)c2)cs1. The monoisotopic (exact) mass is 322 g/mol. The average molecular weight is 322 g/mol. The maximum Gasteiger partial charge on any atom is 0.275 e. The number of hydrogen-bond donors (Lipinski definition) is 1. The highest BCUT2D eigenvalue weighted by Gasteiger charge is 2.18. The molecule has 1 fully saturated rings. The molecule has 1 aliphatic rings. The van der Waals surface area contributed by atoms with Gasteiger partial charge >= 0.3 is 0 Å². The predicted molar refractivity (Wildman–Crippen MR) is 88.9 cm³/mol. The van der Waals surface area contributed by atoms with Gasteiger partial charge in [0.25, 0.3) is 5.91 Å². The molecule has 0 saturated carbocycles. The van der Waals surface area contributed by atoms with Crippen molar-refractivity contribution in [3.8, 4) is 0 Å².